The van der Waals surface area contributed by atoms with Crippen molar-refractivity contribution in [3.05, 3.63) is 56.5 Å². The predicted octanol–water partition coefficient (Wildman–Crippen LogP) is 3.32. The van der Waals surface area contributed by atoms with E-state index >= 15 is 0 Å². The molecule has 1 aliphatic rings. The van der Waals surface area contributed by atoms with Crippen LogP contribution < -0.4 is 28.7 Å². The molecule has 0 N–H and O–H groups in total. The Morgan fingerprint density at radius 3 is 2.11 bits per heavy atom. The number of hydrogen-bond acceptors (Lipinski definition) is 9. The molecule has 11 heteroatoms. The molecule has 0 fully saturated rings. The fourth-order valence-corrected chi connectivity index (χ4v) is 5.36. The van der Waals surface area contributed by atoms with Gasteiger partial charge in [-0.15, -0.1) is 0 Å². The number of rotatable bonds is 8. The monoisotopic (exact) mass is 514 g/mol. The maximum Gasteiger partial charge on any atom is 0.325 e. The second-order valence-electron chi connectivity index (χ2n) is 7.86. The molecule has 10 nitrogen and oxygen atoms in total. The minimum absolute atomic E-state index is 0.0792. The Kier molecular flexibility index (Phi) is 7.20. The Balaban J connectivity index is 1.93. The van der Waals surface area contributed by atoms with Gasteiger partial charge in [-0.2, -0.15) is 0 Å². The Bertz CT molecular complexity index is 1320. The van der Waals surface area contributed by atoms with Gasteiger partial charge in [0.2, 0.25) is 11.7 Å². The first-order chi connectivity index (χ1) is 17.4. The van der Waals surface area contributed by atoms with Gasteiger partial charge in [-0.1, -0.05) is 11.3 Å². The summed E-state index contributed by atoms with van der Waals surface area (Å²) in [5.41, 5.74) is 1.25. The fraction of sp³-hybridized carbons (Fsp3) is 0.320. The molecule has 0 spiro atoms. The highest BCUT2D eigenvalue weighted by Gasteiger charge is 2.39. The van der Waals surface area contributed by atoms with Crippen molar-refractivity contribution in [2.75, 3.05) is 40.4 Å². The van der Waals surface area contributed by atoms with Gasteiger partial charge in [0.1, 0.15) is 18.1 Å². The van der Waals surface area contributed by atoms with E-state index < -0.39 is 11.9 Å². The van der Waals surface area contributed by atoms with Crippen molar-refractivity contribution in [1.29, 1.82) is 0 Å². The molecule has 3 aromatic rings. The molecule has 0 bridgehead atoms. The Morgan fingerprint density at radius 1 is 0.944 bits per heavy atom. The number of methoxy groups -OCH3 is 5. The third-order valence-corrected chi connectivity index (χ3v) is 7.07. The molecule has 2 heterocycles. The highest BCUT2D eigenvalue weighted by molar-refractivity contribution is 7.10. The molecule has 1 amide bonds. The third kappa shape index (κ3) is 4.37. The van der Waals surface area contributed by atoms with Crippen molar-refractivity contribution < 1.29 is 33.3 Å². The zero-order valence-corrected chi connectivity index (χ0v) is 21.3. The molecular weight excluding hydrogens is 488 g/mol. The second kappa shape index (κ2) is 10.3. The van der Waals surface area contributed by atoms with E-state index in [4.69, 9.17) is 23.7 Å². The van der Waals surface area contributed by atoms with Crippen LogP contribution in [0.5, 0.6) is 23.0 Å². The van der Waals surface area contributed by atoms with Gasteiger partial charge in [0.05, 0.1) is 46.1 Å². The van der Waals surface area contributed by atoms with E-state index in [1.54, 1.807) is 43.5 Å². The lowest BCUT2D eigenvalue weighted by molar-refractivity contribution is -0.141. The third-order valence-electron chi connectivity index (χ3n) is 5.99. The van der Waals surface area contributed by atoms with E-state index in [0.717, 1.165) is 11.3 Å². The van der Waals surface area contributed by atoms with Crippen LogP contribution in [0, 0.1) is 0 Å². The van der Waals surface area contributed by atoms with E-state index in [1.165, 1.54) is 37.9 Å². The number of nitrogens with zero attached hydrogens (tertiary/aromatic N) is 2. The predicted molar refractivity (Wildman–Crippen MR) is 133 cm³/mol. The van der Waals surface area contributed by atoms with Crippen LogP contribution in [0.2, 0.25) is 0 Å². The minimum Gasteiger partial charge on any atom is -0.497 e. The van der Waals surface area contributed by atoms with Crippen LogP contribution in [-0.4, -0.2) is 52.0 Å². The van der Waals surface area contributed by atoms with Crippen molar-refractivity contribution in [3.8, 4) is 23.0 Å². The van der Waals surface area contributed by atoms with Crippen molar-refractivity contribution in [2.45, 2.75) is 18.9 Å². The van der Waals surface area contributed by atoms with Gasteiger partial charge in [-0.25, -0.2) is 0 Å². The van der Waals surface area contributed by atoms with Crippen LogP contribution in [0.3, 0.4) is 0 Å². The van der Waals surface area contributed by atoms with Crippen molar-refractivity contribution >= 4 is 34.7 Å². The van der Waals surface area contributed by atoms with Crippen LogP contribution in [0.4, 0.5) is 11.5 Å². The van der Waals surface area contributed by atoms with E-state index in [9.17, 15) is 14.4 Å². The van der Waals surface area contributed by atoms with E-state index in [2.05, 4.69) is 0 Å². The Hall–Kier alpha value is -3.99. The van der Waals surface area contributed by atoms with Gasteiger partial charge in [0.15, 0.2) is 11.5 Å². The summed E-state index contributed by atoms with van der Waals surface area (Å²) in [4.78, 5) is 40.6. The number of aromatic nitrogens is 1. The SMILES string of the molecule is COC(=O)Cn1c2c(sc1=O)C(c1cc(OC)c(OC)c(OC)c1)CC(=O)N2c1ccc(OC)cc1. The first kappa shape index (κ1) is 25.1. The summed E-state index contributed by atoms with van der Waals surface area (Å²) in [6.07, 6.45) is 0.0792. The van der Waals surface area contributed by atoms with E-state index in [-0.39, 0.29) is 23.7 Å². The number of carbonyl (C=O) groups is 2. The van der Waals surface area contributed by atoms with Crippen molar-refractivity contribution in [2.24, 2.45) is 0 Å². The average molecular weight is 515 g/mol. The molecule has 36 heavy (non-hydrogen) atoms. The van der Waals surface area contributed by atoms with Crippen LogP contribution in [-0.2, 0) is 20.9 Å². The lowest BCUT2D eigenvalue weighted by atomic mass is 9.89. The summed E-state index contributed by atoms with van der Waals surface area (Å²) in [5, 5.41) is 0. The number of fused-ring (bicyclic) bond motifs is 1. The number of ether oxygens (including phenoxy) is 5. The maximum absolute atomic E-state index is 13.6. The number of esters is 1. The summed E-state index contributed by atoms with van der Waals surface area (Å²) >= 11 is 0.985. The normalized spacial score (nSPS) is 14.8. The molecule has 1 unspecified atom stereocenters. The van der Waals surface area contributed by atoms with Crippen LogP contribution in [0.1, 0.15) is 22.8 Å². The zero-order valence-electron chi connectivity index (χ0n) is 20.5. The molecule has 0 saturated carbocycles. The second-order valence-corrected chi connectivity index (χ2v) is 8.85. The summed E-state index contributed by atoms with van der Waals surface area (Å²) < 4.78 is 27.7. The number of benzene rings is 2. The van der Waals surface area contributed by atoms with E-state index in [1.807, 2.05) is 0 Å². The largest absolute Gasteiger partial charge is 0.497 e. The van der Waals surface area contributed by atoms with Crippen LogP contribution in [0.25, 0.3) is 0 Å². The minimum atomic E-state index is -0.602. The molecule has 4 rings (SSSR count). The summed E-state index contributed by atoms with van der Waals surface area (Å²) in [5.74, 6) is 0.901. The Morgan fingerprint density at radius 2 is 1.58 bits per heavy atom. The number of hydrogen-bond donors (Lipinski definition) is 0. The molecule has 1 atom stereocenters. The highest BCUT2D eigenvalue weighted by atomic mass is 32.1. The summed E-state index contributed by atoms with van der Waals surface area (Å²) in [6, 6.07) is 10.4. The quantitative estimate of drug-likeness (QED) is 0.422. The molecule has 0 radical (unpaired) electrons. The standard InChI is InChI=1S/C25H26N2O8S/c1-31-16-8-6-15(7-9-16)27-20(28)12-17(14-10-18(32-2)22(35-5)19(11-14)33-3)23-24(27)26(25(30)36-23)13-21(29)34-4/h6-11,17H,12-13H2,1-5H3. The molecule has 190 valence electrons. The van der Waals surface area contributed by atoms with Gasteiger partial charge in [-0.05, 0) is 42.0 Å². The molecule has 0 saturated heterocycles. The average Bonchev–Trinajstić information content (AvgIpc) is 3.22. The molecular formula is C25H26N2O8S. The number of anilines is 2. The smallest absolute Gasteiger partial charge is 0.325 e. The van der Waals surface area contributed by atoms with Crippen LogP contribution in [0.15, 0.2) is 41.2 Å². The summed E-state index contributed by atoms with van der Waals surface area (Å²) in [7, 11) is 7.32. The van der Waals surface area contributed by atoms with Gasteiger partial charge in [0.25, 0.3) is 0 Å². The van der Waals surface area contributed by atoms with Gasteiger partial charge in [-0.3, -0.25) is 23.9 Å². The van der Waals surface area contributed by atoms with E-state index in [0.29, 0.717) is 44.9 Å². The molecule has 1 aliphatic heterocycles. The van der Waals surface area contributed by atoms with Crippen molar-refractivity contribution in [3.63, 3.8) is 0 Å². The fourth-order valence-electron chi connectivity index (χ4n) is 4.25. The van der Waals surface area contributed by atoms with Gasteiger partial charge in [0, 0.05) is 12.3 Å². The van der Waals surface area contributed by atoms with Crippen LogP contribution >= 0.6 is 11.3 Å². The molecule has 2 aromatic carbocycles. The number of thiazole rings is 1. The number of carbonyl (C=O) groups excluding carboxylic acids is 2. The first-order valence-corrected chi connectivity index (χ1v) is 11.8. The Labute approximate surface area is 211 Å². The lowest BCUT2D eigenvalue weighted by Crippen LogP contribution is -2.36. The maximum atomic E-state index is 13.6. The van der Waals surface area contributed by atoms with Gasteiger partial charge < -0.3 is 23.7 Å². The topological polar surface area (TPSA) is 106 Å². The molecule has 1 aromatic heterocycles. The lowest BCUT2D eigenvalue weighted by Gasteiger charge is -2.33. The summed E-state index contributed by atoms with van der Waals surface area (Å²) in [6.45, 7) is -0.330. The zero-order chi connectivity index (χ0) is 26.0. The first-order valence-electron chi connectivity index (χ1n) is 10.9. The number of amides is 1. The molecule has 0 aliphatic carbocycles. The van der Waals surface area contributed by atoms with Crippen molar-refractivity contribution in [1.82, 2.24) is 4.57 Å². The highest BCUT2D eigenvalue weighted by Crippen LogP contribution is 2.48. The van der Waals surface area contributed by atoms with Gasteiger partial charge >= 0.3 is 10.8 Å².